The molecular formula is C15H16BrNO3. The van der Waals surface area contributed by atoms with E-state index in [4.69, 9.17) is 4.42 Å². The molecule has 1 N–H and O–H groups in total. The van der Waals surface area contributed by atoms with Gasteiger partial charge in [0.25, 0.3) is 0 Å². The summed E-state index contributed by atoms with van der Waals surface area (Å²) in [5.41, 5.74) is 1.23. The van der Waals surface area contributed by atoms with Gasteiger partial charge in [-0.2, -0.15) is 0 Å². The summed E-state index contributed by atoms with van der Waals surface area (Å²) in [7, 11) is 0. The number of fused-ring (bicyclic) bond motifs is 1. The Kier molecular flexibility index (Phi) is 3.92. The number of likely N-dealkylation sites (tertiary alicyclic amines) is 1. The predicted octanol–water partition coefficient (Wildman–Crippen LogP) is 2.51. The molecule has 0 aliphatic carbocycles. The molecule has 0 radical (unpaired) electrons. The fourth-order valence-corrected chi connectivity index (χ4v) is 3.20. The second kappa shape index (κ2) is 5.68. The van der Waals surface area contributed by atoms with E-state index in [1.165, 1.54) is 0 Å². The molecule has 2 aromatic rings. The Bertz CT molecular complexity index is 682. The normalized spacial score (nSPS) is 19.8. The van der Waals surface area contributed by atoms with E-state index in [2.05, 4.69) is 20.8 Å². The molecule has 20 heavy (non-hydrogen) atoms. The molecule has 4 nitrogen and oxygen atoms in total. The lowest BCUT2D eigenvalue weighted by Crippen LogP contribution is -2.31. The molecule has 1 saturated heterocycles. The van der Waals surface area contributed by atoms with Crippen molar-refractivity contribution in [2.24, 2.45) is 0 Å². The molecule has 1 aliphatic rings. The number of halogens is 1. The summed E-state index contributed by atoms with van der Waals surface area (Å²) in [6.45, 7) is 1.81. The second-order valence-corrected chi connectivity index (χ2v) is 6.10. The zero-order chi connectivity index (χ0) is 14.1. The standard InChI is InChI=1S/C15H16BrNO3/c16-11-3-4-13-10(6-15(19)20-14(13)7-11)8-17-5-1-2-12(17)9-18/h3-4,6-7,12,18H,1-2,5,8-9H2/t12-/m0/s1. The van der Waals surface area contributed by atoms with Gasteiger partial charge in [-0.25, -0.2) is 4.79 Å². The average molecular weight is 338 g/mol. The van der Waals surface area contributed by atoms with Crippen molar-refractivity contribution in [2.45, 2.75) is 25.4 Å². The van der Waals surface area contributed by atoms with Crippen LogP contribution in [0.4, 0.5) is 0 Å². The Morgan fingerprint density at radius 1 is 1.40 bits per heavy atom. The van der Waals surface area contributed by atoms with E-state index in [-0.39, 0.29) is 18.3 Å². The summed E-state index contributed by atoms with van der Waals surface area (Å²) in [5, 5.41) is 10.3. The third-order valence-electron chi connectivity index (χ3n) is 3.88. The summed E-state index contributed by atoms with van der Waals surface area (Å²) in [6.07, 6.45) is 2.11. The molecule has 0 unspecified atom stereocenters. The van der Waals surface area contributed by atoms with Crippen LogP contribution in [0.3, 0.4) is 0 Å². The van der Waals surface area contributed by atoms with Crippen LogP contribution in [0, 0.1) is 0 Å². The number of hydrogen-bond acceptors (Lipinski definition) is 4. The highest BCUT2D eigenvalue weighted by atomic mass is 79.9. The average Bonchev–Trinajstić information content (AvgIpc) is 2.85. The molecule has 106 valence electrons. The Labute approximate surface area is 125 Å². The van der Waals surface area contributed by atoms with Crippen molar-refractivity contribution < 1.29 is 9.52 Å². The van der Waals surface area contributed by atoms with Gasteiger partial charge in [-0.05, 0) is 43.1 Å². The molecule has 0 bridgehead atoms. The van der Waals surface area contributed by atoms with E-state index < -0.39 is 0 Å². The van der Waals surface area contributed by atoms with Crippen LogP contribution in [0.1, 0.15) is 18.4 Å². The van der Waals surface area contributed by atoms with Crippen molar-refractivity contribution in [3.63, 3.8) is 0 Å². The molecule has 1 atom stereocenters. The maximum atomic E-state index is 11.7. The Morgan fingerprint density at radius 2 is 2.25 bits per heavy atom. The number of nitrogens with zero attached hydrogens (tertiary/aromatic N) is 1. The maximum absolute atomic E-state index is 11.7. The van der Waals surface area contributed by atoms with Gasteiger partial charge >= 0.3 is 5.63 Å². The molecule has 3 rings (SSSR count). The lowest BCUT2D eigenvalue weighted by atomic mass is 10.1. The molecule has 2 heterocycles. The van der Waals surface area contributed by atoms with Crippen molar-refractivity contribution in [3.05, 3.63) is 44.7 Å². The van der Waals surface area contributed by atoms with Gasteiger partial charge in [0.05, 0.1) is 6.61 Å². The molecule has 1 fully saturated rings. The van der Waals surface area contributed by atoms with Gasteiger partial charge in [0.15, 0.2) is 0 Å². The molecule has 0 amide bonds. The second-order valence-electron chi connectivity index (χ2n) is 5.18. The van der Waals surface area contributed by atoms with Gasteiger partial charge in [-0.1, -0.05) is 15.9 Å². The van der Waals surface area contributed by atoms with E-state index >= 15 is 0 Å². The van der Waals surface area contributed by atoms with Crippen LogP contribution in [0.5, 0.6) is 0 Å². The van der Waals surface area contributed by atoms with E-state index in [0.717, 1.165) is 34.8 Å². The highest BCUT2D eigenvalue weighted by molar-refractivity contribution is 9.10. The van der Waals surface area contributed by atoms with Gasteiger partial charge in [0, 0.05) is 28.5 Å². The van der Waals surface area contributed by atoms with Gasteiger partial charge in [0.1, 0.15) is 5.58 Å². The zero-order valence-electron chi connectivity index (χ0n) is 11.0. The van der Waals surface area contributed by atoms with Crippen LogP contribution < -0.4 is 5.63 Å². The fourth-order valence-electron chi connectivity index (χ4n) is 2.86. The van der Waals surface area contributed by atoms with Gasteiger partial charge < -0.3 is 9.52 Å². The highest BCUT2D eigenvalue weighted by Gasteiger charge is 2.24. The van der Waals surface area contributed by atoms with Crippen molar-refractivity contribution in [3.8, 4) is 0 Å². The number of aliphatic hydroxyl groups is 1. The Balaban J connectivity index is 2.00. The summed E-state index contributed by atoms with van der Waals surface area (Å²) in [6, 6.07) is 7.48. The zero-order valence-corrected chi connectivity index (χ0v) is 12.6. The SMILES string of the molecule is O=c1cc(CN2CCC[C@H]2CO)c2ccc(Br)cc2o1. The lowest BCUT2D eigenvalue weighted by Gasteiger charge is -2.23. The largest absolute Gasteiger partial charge is 0.423 e. The molecular weight excluding hydrogens is 322 g/mol. The van der Waals surface area contributed by atoms with Crippen molar-refractivity contribution in [1.82, 2.24) is 4.90 Å². The molecule has 5 heteroatoms. The van der Waals surface area contributed by atoms with Gasteiger partial charge in [-0.15, -0.1) is 0 Å². The van der Waals surface area contributed by atoms with Crippen LogP contribution in [0.25, 0.3) is 11.0 Å². The van der Waals surface area contributed by atoms with E-state index in [0.29, 0.717) is 12.1 Å². The van der Waals surface area contributed by atoms with Crippen molar-refractivity contribution >= 4 is 26.9 Å². The topological polar surface area (TPSA) is 53.7 Å². The summed E-state index contributed by atoms with van der Waals surface area (Å²) in [5.74, 6) is 0. The lowest BCUT2D eigenvalue weighted by molar-refractivity contribution is 0.154. The summed E-state index contributed by atoms with van der Waals surface area (Å²) in [4.78, 5) is 13.9. The number of rotatable bonds is 3. The third kappa shape index (κ3) is 2.66. The first kappa shape index (κ1) is 13.8. The van der Waals surface area contributed by atoms with Crippen LogP contribution in [0.2, 0.25) is 0 Å². The minimum atomic E-state index is -0.328. The van der Waals surface area contributed by atoms with Crippen molar-refractivity contribution in [2.75, 3.05) is 13.2 Å². The Morgan fingerprint density at radius 3 is 3.05 bits per heavy atom. The van der Waals surface area contributed by atoms with E-state index in [9.17, 15) is 9.90 Å². The number of aliphatic hydroxyl groups excluding tert-OH is 1. The van der Waals surface area contributed by atoms with E-state index in [1.54, 1.807) is 6.07 Å². The monoisotopic (exact) mass is 337 g/mol. The first-order valence-corrected chi connectivity index (χ1v) is 7.54. The van der Waals surface area contributed by atoms with Gasteiger partial charge in [-0.3, -0.25) is 4.90 Å². The smallest absolute Gasteiger partial charge is 0.336 e. The Hall–Kier alpha value is -1.17. The maximum Gasteiger partial charge on any atom is 0.336 e. The molecule has 1 aliphatic heterocycles. The summed E-state index contributed by atoms with van der Waals surface area (Å²) >= 11 is 3.38. The minimum absolute atomic E-state index is 0.172. The molecule has 1 aromatic heterocycles. The highest BCUT2D eigenvalue weighted by Crippen LogP contribution is 2.25. The van der Waals surface area contributed by atoms with E-state index in [1.807, 2.05) is 18.2 Å². The van der Waals surface area contributed by atoms with Gasteiger partial charge in [0.2, 0.25) is 0 Å². The quantitative estimate of drug-likeness (QED) is 0.874. The fraction of sp³-hybridized carbons (Fsp3) is 0.400. The molecule has 1 aromatic carbocycles. The van der Waals surface area contributed by atoms with Crippen LogP contribution in [0.15, 0.2) is 37.9 Å². The molecule has 0 spiro atoms. The molecule has 0 saturated carbocycles. The number of benzene rings is 1. The number of hydrogen-bond donors (Lipinski definition) is 1. The van der Waals surface area contributed by atoms with Crippen LogP contribution in [-0.2, 0) is 6.54 Å². The minimum Gasteiger partial charge on any atom is -0.423 e. The van der Waals surface area contributed by atoms with Crippen LogP contribution in [-0.4, -0.2) is 29.2 Å². The first-order valence-electron chi connectivity index (χ1n) is 6.74. The predicted molar refractivity (Wildman–Crippen MR) is 80.7 cm³/mol. The summed E-state index contributed by atoms with van der Waals surface area (Å²) < 4.78 is 6.14. The van der Waals surface area contributed by atoms with Crippen LogP contribution >= 0.6 is 15.9 Å². The van der Waals surface area contributed by atoms with Crippen molar-refractivity contribution in [1.29, 1.82) is 0 Å². The third-order valence-corrected chi connectivity index (χ3v) is 4.37. The first-order chi connectivity index (χ1) is 9.67.